The molecule has 3 atom stereocenters. The first-order chi connectivity index (χ1) is 16.8. The maximum absolute atomic E-state index is 13.8. The van der Waals surface area contributed by atoms with E-state index < -0.39 is 18.1 Å². The first-order valence-corrected chi connectivity index (χ1v) is 11.8. The molecular formula is C27H32ClN5O3. The number of anilines is 1. The summed E-state index contributed by atoms with van der Waals surface area (Å²) in [6.07, 6.45) is 1.65. The topological polar surface area (TPSA) is 103 Å². The van der Waals surface area contributed by atoms with Crippen LogP contribution in [0.4, 0.5) is 5.82 Å². The number of hydrogen-bond donors (Lipinski definition) is 3. The number of likely N-dealkylation sites (N-methyl/N-ethyl adjacent to an activating group) is 1. The second-order valence-electron chi connectivity index (χ2n) is 9.18. The van der Waals surface area contributed by atoms with E-state index in [0.29, 0.717) is 5.82 Å². The lowest BCUT2D eigenvalue weighted by Crippen LogP contribution is -2.55. The SMILES string of the molecule is CN[C@@H](C)C(=O)N[C@H](C(=O)N1Cc2ccccc2C1C(=O)Nc1nccc2ccccc12)C(C)C.Cl. The molecule has 190 valence electrons. The standard InChI is InChI=1S/C27H31N5O3.ClH/c1-16(2)22(30-25(33)17(3)28-4)27(35)32-15-19-10-6-7-11-20(19)23(32)26(34)31-24-21-12-8-5-9-18(21)13-14-29-24;/h5-14,16-17,22-23,28H,15H2,1-4H3,(H,30,33)(H,29,31,34);1H/t17-,22-,23?;/m0./s1. The van der Waals surface area contributed by atoms with Crippen LogP contribution in [-0.2, 0) is 20.9 Å². The van der Waals surface area contributed by atoms with Gasteiger partial charge in [-0.1, -0.05) is 62.4 Å². The van der Waals surface area contributed by atoms with Crippen LogP contribution >= 0.6 is 12.4 Å². The van der Waals surface area contributed by atoms with Crippen molar-refractivity contribution in [1.29, 1.82) is 0 Å². The Hall–Kier alpha value is -3.49. The van der Waals surface area contributed by atoms with Gasteiger partial charge in [0.15, 0.2) is 0 Å². The molecule has 3 amide bonds. The van der Waals surface area contributed by atoms with Crippen molar-refractivity contribution in [2.45, 2.75) is 45.4 Å². The Bertz CT molecular complexity index is 1260. The molecule has 36 heavy (non-hydrogen) atoms. The van der Waals surface area contributed by atoms with Crippen molar-refractivity contribution < 1.29 is 14.4 Å². The number of nitrogens with zero attached hydrogens (tertiary/aromatic N) is 2. The van der Waals surface area contributed by atoms with Gasteiger partial charge < -0.3 is 20.9 Å². The minimum absolute atomic E-state index is 0. The predicted molar refractivity (Wildman–Crippen MR) is 143 cm³/mol. The number of nitrogens with one attached hydrogen (secondary N) is 3. The third-order valence-corrected chi connectivity index (χ3v) is 6.51. The fourth-order valence-electron chi connectivity index (χ4n) is 4.38. The van der Waals surface area contributed by atoms with Crippen LogP contribution < -0.4 is 16.0 Å². The number of fused-ring (bicyclic) bond motifs is 2. The summed E-state index contributed by atoms with van der Waals surface area (Å²) in [6.45, 7) is 5.78. The van der Waals surface area contributed by atoms with Gasteiger partial charge >= 0.3 is 0 Å². The molecule has 1 aliphatic rings. The Kier molecular flexibility index (Phi) is 8.66. The average Bonchev–Trinajstić information content (AvgIpc) is 3.26. The van der Waals surface area contributed by atoms with Crippen molar-refractivity contribution >= 4 is 46.7 Å². The van der Waals surface area contributed by atoms with Crippen molar-refractivity contribution in [3.63, 3.8) is 0 Å². The summed E-state index contributed by atoms with van der Waals surface area (Å²) >= 11 is 0. The van der Waals surface area contributed by atoms with E-state index in [0.717, 1.165) is 21.9 Å². The lowest BCUT2D eigenvalue weighted by molar-refractivity contribution is -0.143. The molecule has 8 nitrogen and oxygen atoms in total. The Labute approximate surface area is 217 Å². The molecule has 0 fully saturated rings. The van der Waals surface area contributed by atoms with Crippen molar-refractivity contribution in [3.05, 3.63) is 71.9 Å². The zero-order valence-electron chi connectivity index (χ0n) is 20.8. The number of aromatic nitrogens is 1. The molecule has 0 spiro atoms. The molecule has 3 N–H and O–H groups in total. The molecule has 3 aromatic rings. The minimum atomic E-state index is -0.834. The number of benzene rings is 2. The maximum Gasteiger partial charge on any atom is 0.253 e. The highest BCUT2D eigenvalue weighted by Gasteiger charge is 2.42. The molecule has 0 bridgehead atoms. The molecule has 2 heterocycles. The van der Waals surface area contributed by atoms with E-state index >= 15 is 0 Å². The molecule has 4 rings (SSSR count). The number of carbonyl (C=O) groups excluding carboxylic acids is 3. The van der Waals surface area contributed by atoms with Gasteiger partial charge in [-0.05, 0) is 42.5 Å². The van der Waals surface area contributed by atoms with Crippen LogP contribution in [0.15, 0.2) is 60.8 Å². The van der Waals surface area contributed by atoms with Gasteiger partial charge in [-0.3, -0.25) is 14.4 Å². The van der Waals surface area contributed by atoms with Crippen LogP contribution in [0, 0.1) is 5.92 Å². The third kappa shape index (κ3) is 5.34. The number of hydrogen-bond acceptors (Lipinski definition) is 5. The van der Waals surface area contributed by atoms with Gasteiger partial charge in [0.05, 0.1) is 6.04 Å². The summed E-state index contributed by atoms with van der Waals surface area (Å²) < 4.78 is 0. The summed E-state index contributed by atoms with van der Waals surface area (Å²) in [7, 11) is 1.69. The Morgan fingerprint density at radius 1 is 1.00 bits per heavy atom. The van der Waals surface area contributed by atoms with Crippen LogP contribution in [0.2, 0.25) is 0 Å². The first kappa shape index (κ1) is 27.1. The zero-order chi connectivity index (χ0) is 25.1. The number of carbonyl (C=O) groups is 3. The van der Waals surface area contributed by atoms with Crippen LogP contribution in [0.3, 0.4) is 0 Å². The van der Waals surface area contributed by atoms with E-state index in [1.807, 2.05) is 68.4 Å². The monoisotopic (exact) mass is 509 g/mol. The lowest BCUT2D eigenvalue weighted by Gasteiger charge is -2.31. The molecule has 9 heteroatoms. The molecule has 0 radical (unpaired) electrons. The van der Waals surface area contributed by atoms with Crippen molar-refractivity contribution in [2.75, 3.05) is 12.4 Å². The second-order valence-corrected chi connectivity index (χ2v) is 9.18. The number of amides is 3. The Balaban J connectivity index is 0.00000361. The molecule has 1 unspecified atom stereocenters. The van der Waals surface area contributed by atoms with Crippen LogP contribution in [0.5, 0.6) is 0 Å². The number of pyridine rings is 1. The number of rotatable bonds is 7. The highest BCUT2D eigenvalue weighted by Crippen LogP contribution is 2.36. The van der Waals surface area contributed by atoms with Gasteiger partial charge in [-0.25, -0.2) is 4.98 Å². The maximum atomic E-state index is 13.8. The van der Waals surface area contributed by atoms with E-state index in [2.05, 4.69) is 20.9 Å². The van der Waals surface area contributed by atoms with Gasteiger partial charge in [-0.2, -0.15) is 0 Å². The van der Waals surface area contributed by atoms with Gasteiger partial charge in [0.1, 0.15) is 17.9 Å². The predicted octanol–water partition coefficient (Wildman–Crippen LogP) is 3.43. The summed E-state index contributed by atoms with van der Waals surface area (Å²) in [5.41, 5.74) is 1.68. The van der Waals surface area contributed by atoms with Gasteiger partial charge in [0.25, 0.3) is 5.91 Å². The summed E-state index contributed by atoms with van der Waals surface area (Å²) in [5, 5.41) is 10.5. The zero-order valence-corrected chi connectivity index (χ0v) is 21.6. The van der Waals surface area contributed by atoms with E-state index in [4.69, 9.17) is 0 Å². The molecule has 1 aromatic heterocycles. The fourth-order valence-corrected chi connectivity index (χ4v) is 4.38. The molecular weight excluding hydrogens is 478 g/mol. The van der Waals surface area contributed by atoms with Crippen molar-refractivity contribution in [3.8, 4) is 0 Å². The van der Waals surface area contributed by atoms with Crippen LogP contribution in [-0.4, -0.2) is 46.7 Å². The number of halogens is 1. The third-order valence-electron chi connectivity index (χ3n) is 6.51. The highest BCUT2D eigenvalue weighted by molar-refractivity contribution is 6.04. The van der Waals surface area contributed by atoms with Crippen LogP contribution in [0.25, 0.3) is 10.8 Å². The van der Waals surface area contributed by atoms with Gasteiger partial charge in [0, 0.05) is 18.1 Å². The van der Waals surface area contributed by atoms with E-state index in [-0.39, 0.29) is 42.6 Å². The molecule has 2 aromatic carbocycles. The molecule has 0 saturated carbocycles. The smallest absolute Gasteiger partial charge is 0.253 e. The molecule has 1 aliphatic heterocycles. The molecule has 0 aliphatic carbocycles. The molecule has 0 saturated heterocycles. The Morgan fingerprint density at radius 2 is 1.69 bits per heavy atom. The van der Waals surface area contributed by atoms with Gasteiger partial charge in [0.2, 0.25) is 11.8 Å². The van der Waals surface area contributed by atoms with Crippen molar-refractivity contribution in [1.82, 2.24) is 20.5 Å². The van der Waals surface area contributed by atoms with Gasteiger partial charge in [-0.15, -0.1) is 12.4 Å². The summed E-state index contributed by atoms with van der Waals surface area (Å²) in [6, 6.07) is 15.1. The first-order valence-electron chi connectivity index (χ1n) is 11.8. The highest BCUT2D eigenvalue weighted by atomic mass is 35.5. The van der Waals surface area contributed by atoms with E-state index in [9.17, 15) is 14.4 Å². The minimum Gasteiger partial charge on any atom is -0.343 e. The largest absolute Gasteiger partial charge is 0.343 e. The average molecular weight is 510 g/mol. The Morgan fingerprint density at radius 3 is 2.42 bits per heavy atom. The normalized spacial score (nSPS) is 16.1. The van der Waals surface area contributed by atoms with Crippen LogP contribution in [0.1, 0.15) is 37.9 Å². The van der Waals surface area contributed by atoms with Crippen molar-refractivity contribution in [2.24, 2.45) is 5.92 Å². The quantitative estimate of drug-likeness (QED) is 0.453. The second kappa shape index (κ2) is 11.5. The summed E-state index contributed by atoms with van der Waals surface area (Å²) in [4.78, 5) is 45.9. The summed E-state index contributed by atoms with van der Waals surface area (Å²) in [5.74, 6) is -0.621. The lowest BCUT2D eigenvalue weighted by atomic mass is 10.0. The van der Waals surface area contributed by atoms with E-state index in [1.165, 1.54) is 0 Å². The fraction of sp³-hybridized carbons (Fsp3) is 0.333. The van der Waals surface area contributed by atoms with E-state index in [1.54, 1.807) is 25.1 Å².